The summed E-state index contributed by atoms with van der Waals surface area (Å²) in [6, 6.07) is 8.14. The van der Waals surface area contributed by atoms with E-state index in [2.05, 4.69) is 5.32 Å². The molecule has 0 aliphatic rings. The van der Waals surface area contributed by atoms with Crippen LogP contribution in [0, 0.1) is 5.82 Å². The molecule has 0 aliphatic carbocycles. The number of hydrogen-bond acceptors (Lipinski definition) is 2. The van der Waals surface area contributed by atoms with Crippen molar-refractivity contribution in [3.8, 4) is 5.75 Å². The molecule has 0 saturated carbocycles. The summed E-state index contributed by atoms with van der Waals surface area (Å²) in [5.41, 5.74) is -1.10. The number of rotatable bonds is 5. The number of carbonyl (C=O) groups excluding carboxylic acids is 1. The van der Waals surface area contributed by atoms with Crippen LogP contribution in [0.4, 0.5) is 23.2 Å². The van der Waals surface area contributed by atoms with Crippen LogP contribution in [0.2, 0.25) is 5.02 Å². The van der Waals surface area contributed by atoms with Crippen LogP contribution in [-0.2, 0) is 11.0 Å². The van der Waals surface area contributed by atoms with E-state index >= 15 is 0 Å². The Morgan fingerprint density at radius 2 is 1.84 bits per heavy atom. The molecule has 1 N–H and O–H groups in total. The van der Waals surface area contributed by atoms with Crippen molar-refractivity contribution in [2.75, 3.05) is 5.32 Å². The van der Waals surface area contributed by atoms with Crippen molar-refractivity contribution in [2.45, 2.75) is 25.6 Å². The van der Waals surface area contributed by atoms with E-state index in [0.29, 0.717) is 0 Å². The summed E-state index contributed by atoms with van der Waals surface area (Å²) < 4.78 is 56.9. The van der Waals surface area contributed by atoms with Crippen LogP contribution in [0.15, 0.2) is 42.5 Å². The van der Waals surface area contributed by atoms with Gasteiger partial charge in [-0.3, -0.25) is 4.79 Å². The van der Waals surface area contributed by atoms with Crippen LogP contribution < -0.4 is 10.1 Å². The molecule has 0 unspecified atom stereocenters. The highest BCUT2D eigenvalue weighted by Crippen LogP contribution is 2.36. The van der Waals surface area contributed by atoms with Crippen LogP contribution >= 0.6 is 11.6 Å². The maximum absolute atomic E-state index is 12.9. The minimum atomic E-state index is -4.63. The molecule has 25 heavy (non-hydrogen) atoms. The molecule has 0 fully saturated rings. The van der Waals surface area contributed by atoms with Crippen molar-refractivity contribution >= 4 is 23.2 Å². The molecule has 1 amide bonds. The lowest BCUT2D eigenvalue weighted by molar-refractivity contribution is -0.137. The highest BCUT2D eigenvalue weighted by atomic mass is 35.5. The highest BCUT2D eigenvalue weighted by Gasteiger charge is 2.33. The summed E-state index contributed by atoms with van der Waals surface area (Å²) in [5.74, 6) is -0.802. The van der Waals surface area contributed by atoms with Crippen molar-refractivity contribution < 1.29 is 27.1 Å². The molecule has 2 aromatic carbocycles. The van der Waals surface area contributed by atoms with Gasteiger partial charge in [0, 0.05) is 5.69 Å². The van der Waals surface area contributed by atoms with Gasteiger partial charge in [0.05, 0.1) is 10.6 Å². The van der Waals surface area contributed by atoms with Crippen molar-refractivity contribution in [1.29, 1.82) is 0 Å². The summed E-state index contributed by atoms with van der Waals surface area (Å²) in [6.45, 7) is 1.68. The zero-order valence-electron chi connectivity index (χ0n) is 13.0. The number of amides is 1. The summed E-state index contributed by atoms with van der Waals surface area (Å²) in [5, 5.41) is 1.91. The molecule has 2 rings (SSSR count). The lowest BCUT2D eigenvalue weighted by Gasteiger charge is -2.18. The van der Waals surface area contributed by atoms with E-state index in [-0.39, 0.29) is 17.9 Å². The highest BCUT2D eigenvalue weighted by molar-refractivity contribution is 6.31. The van der Waals surface area contributed by atoms with E-state index < -0.39 is 34.6 Å². The fraction of sp³-hybridized carbons (Fsp3) is 0.235. The summed E-state index contributed by atoms with van der Waals surface area (Å²) >= 11 is 5.54. The number of halogens is 5. The zero-order valence-corrected chi connectivity index (χ0v) is 13.8. The molecule has 0 heterocycles. The summed E-state index contributed by atoms with van der Waals surface area (Å²) in [7, 11) is 0. The Hall–Kier alpha value is -2.28. The van der Waals surface area contributed by atoms with Crippen molar-refractivity contribution in [1.82, 2.24) is 0 Å². The summed E-state index contributed by atoms with van der Waals surface area (Å²) in [6.07, 6.45) is -5.31. The van der Waals surface area contributed by atoms with Crippen LogP contribution in [0.1, 0.15) is 18.9 Å². The van der Waals surface area contributed by atoms with E-state index in [1.165, 1.54) is 30.3 Å². The fourth-order valence-electron chi connectivity index (χ4n) is 2.04. The first kappa shape index (κ1) is 19.1. The predicted molar refractivity (Wildman–Crippen MR) is 86.2 cm³/mol. The van der Waals surface area contributed by atoms with Gasteiger partial charge >= 0.3 is 6.18 Å². The molecule has 0 aromatic heterocycles. The average Bonchev–Trinajstić information content (AvgIpc) is 2.55. The Kier molecular flexibility index (Phi) is 5.89. The molecule has 2 aromatic rings. The minimum Gasteiger partial charge on any atom is -0.481 e. The van der Waals surface area contributed by atoms with Gasteiger partial charge in [0.25, 0.3) is 5.91 Å². The van der Waals surface area contributed by atoms with Gasteiger partial charge in [-0.1, -0.05) is 18.5 Å². The third-order valence-electron chi connectivity index (χ3n) is 3.29. The van der Waals surface area contributed by atoms with Gasteiger partial charge in [0.15, 0.2) is 6.10 Å². The molecular weight excluding hydrogens is 362 g/mol. The Balaban J connectivity index is 2.12. The fourth-order valence-corrected chi connectivity index (χ4v) is 2.27. The maximum Gasteiger partial charge on any atom is 0.417 e. The van der Waals surface area contributed by atoms with Crippen LogP contribution in [0.3, 0.4) is 0 Å². The number of hydrogen-bond donors (Lipinski definition) is 1. The molecule has 0 saturated heterocycles. The second-order valence-electron chi connectivity index (χ2n) is 5.15. The molecule has 8 heteroatoms. The molecule has 134 valence electrons. The topological polar surface area (TPSA) is 38.3 Å². The second-order valence-corrected chi connectivity index (χ2v) is 5.56. The van der Waals surface area contributed by atoms with Gasteiger partial charge in [-0.25, -0.2) is 4.39 Å². The van der Waals surface area contributed by atoms with Crippen LogP contribution in [0.5, 0.6) is 5.75 Å². The molecule has 0 spiro atoms. The van der Waals surface area contributed by atoms with Gasteiger partial charge in [0.2, 0.25) is 0 Å². The van der Waals surface area contributed by atoms with Gasteiger partial charge in [-0.05, 0) is 48.9 Å². The van der Waals surface area contributed by atoms with Crippen molar-refractivity contribution in [3.05, 3.63) is 58.9 Å². The van der Waals surface area contributed by atoms with Gasteiger partial charge in [0.1, 0.15) is 11.6 Å². The predicted octanol–water partition coefficient (Wildman–Crippen LogP) is 5.29. The Morgan fingerprint density at radius 1 is 1.20 bits per heavy atom. The lowest BCUT2D eigenvalue weighted by atomic mass is 10.1. The number of ether oxygens (including phenoxy) is 1. The third kappa shape index (κ3) is 5.09. The minimum absolute atomic E-state index is 0.0529. The number of alkyl halides is 3. The van der Waals surface area contributed by atoms with E-state index in [1.54, 1.807) is 6.92 Å². The average molecular weight is 376 g/mol. The van der Waals surface area contributed by atoms with E-state index in [4.69, 9.17) is 16.3 Å². The Bertz CT molecular complexity index is 747. The smallest absolute Gasteiger partial charge is 0.417 e. The normalized spacial score (nSPS) is 12.6. The Labute approximate surface area is 146 Å². The van der Waals surface area contributed by atoms with E-state index in [1.807, 2.05) is 0 Å². The Morgan fingerprint density at radius 3 is 2.40 bits per heavy atom. The SMILES string of the molecule is CC[C@@H](Oc1ccc(F)cc1)C(=O)Nc1ccc(Cl)c(C(F)(F)F)c1. The summed E-state index contributed by atoms with van der Waals surface area (Å²) in [4.78, 5) is 12.2. The quantitative estimate of drug-likeness (QED) is 0.721. The van der Waals surface area contributed by atoms with E-state index in [0.717, 1.165) is 12.1 Å². The molecular formula is C17H14ClF4NO2. The largest absolute Gasteiger partial charge is 0.481 e. The zero-order chi connectivity index (χ0) is 18.6. The first-order valence-electron chi connectivity index (χ1n) is 7.30. The molecule has 3 nitrogen and oxygen atoms in total. The van der Waals surface area contributed by atoms with Crippen molar-refractivity contribution in [2.24, 2.45) is 0 Å². The van der Waals surface area contributed by atoms with Crippen LogP contribution in [0.25, 0.3) is 0 Å². The molecule has 1 atom stereocenters. The van der Waals surface area contributed by atoms with Gasteiger partial charge in [-0.2, -0.15) is 13.2 Å². The van der Waals surface area contributed by atoms with Crippen LogP contribution in [-0.4, -0.2) is 12.0 Å². The van der Waals surface area contributed by atoms with Crippen molar-refractivity contribution in [3.63, 3.8) is 0 Å². The third-order valence-corrected chi connectivity index (χ3v) is 3.62. The first-order chi connectivity index (χ1) is 11.7. The standard InChI is InChI=1S/C17H14ClF4NO2/c1-2-15(25-12-6-3-10(19)4-7-12)16(24)23-11-5-8-14(18)13(9-11)17(20,21)22/h3-9,15H,2H2,1H3,(H,23,24)/t15-/m1/s1. The van der Waals surface area contributed by atoms with Gasteiger partial charge in [-0.15, -0.1) is 0 Å². The van der Waals surface area contributed by atoms with E-state index in [9.17, 15) is 22.4 Å². The number of benzene rings is 2. The maximum atomic E-state index is 12.9. The number of nitrogens with one attached hydrogen (secondary N) is 1. The first-order valence-corrected chi connectivity index (χ1v) is 7.68. The molecule has 0 radical (unpaired) electrons. The number of carbonyl (C=O) groups is 1. The number of anilines is 1. The van der Waals surface area contributed by atoms with Gasteiger partial charge < -0.3 is 10.1 Å². The molecule has 0 aliphatic heterocycles. The lowest BCUT2D eigenvalue weighted by Crippen LogP contribution is -2.32. The molecule has 0 bridgehead atoms. The second kappa shape index (κ2) is 7.74. The monoisotopic (exact) mass is 375 g/mol.